The maximum absolute atomic E-state index is 12.8. The van der Waals surface area contributed by atoms with Crippen molar-refractivity contribution in [1.29, 1.82) is 0 Å². The minimum absolute atomic E-state index is 0.0529. The molecule has 0 saturated carbocycles. The summed E-state index contributed by atoms with van der Waals surface area (Å²) >= 11 is 0. The van der Waals surface area contributed by atoms with Gasteiger partial charge in [0.25, 0.3) is 5.56 Å². The molecule has 0 unspecified atom stereocenters. The molecule has 0 spiro atoms. The lowest BCUT2D eigenvalue weighted by Crippen LogP contribution is -2.24. The zero-order chi connectivity index (χ0) is 17.8. The van der Waals surface area contributed by atoms with Crippen molar-refractivity contribution in [1.82, 2.24) is 9.55 Å². The van der Waals surface area contributed by atoms with Gasteiger partial charge in [-0.1, -0.05) is 42.8 Å². The number of aromatic nitrogens is 2. The lowest BCUT2D eigenvalue weighted by atomic mass is 10.2. The van der Waals surface area contributed by atoms with Gasteiger partial charge < -0.3 is 4.74 Å². The Bertz CT molecular complexity index is 990. The molecule has 4 heteroatoms. The van der Waals surface area contributed by atoms with E-state index >= 15 is 0 Å². The van der Waals surface area contributed by atoms with Crippen molar-refractivity contribution in [2.75, 3.05) is 6.61 Å². The van der Waals surface area contributed by atoms with Crippen LogP contribution in [0.15, 0.2) is 59.4 Å². The summed E-state index contributed by atoms with van der Waals surface area (Å²) in [6.07, 6.45) is 8.18. The summed E-state index contributed by atoms with van der Waals surface area (Å²) in [5.41, 5.74) is 1.95. The molecule has 0 atom stereocenters. The Kier molecular flexibility index (Phi) is 4.82. The van der Waals surface area contributed by atoms with E-state index in [2.05, 4.69) is 0 Å². The van der Waals surface area contributed by atoms with E-state index in [1.165, 1.54) is 0 Å². The Labute approximate surface area is 152 Å². The van der Waals surface area contributed by atoms with Gasteiger partial charge in [0.2, 0.25) is 0 Å². The molecule has 2 aromatic carbocycles. The topological polar surface area (TPSA) is 44.1 Å². The fourth-order valence-corrected chi connectivity index (χ4v) is 3.38. The smallest absolute Gasteiger partial charge is 0.261 e. The predicted molar refractivity (Wildman–Crippen MR) is 105 cm³/mol. The molecular formula is C22H22N2O2. The van der Waals surface area contributed by atoms with Crippen LogP contribution in [0.3, 0.4) is 0 Å². The largest absolute Gasteiger partial charge is 0.490 e. The molecule has 4 nitrogen and oxygen atoms in total. The number of benzene rings is 2. The summed E-state index contributed by atoms with van der Waals surface area (Å²) < 4.78 is 7.64. The molecular weight excluding hydrogens is 324 g/mol. The molecule has 3 aromatic rings. The maximum Gasteiger partial charge on any atom is 0.261 e. The maximum atomic E-state index is 12.8. The van der Waals surface area contributed by atoms with Crippen LogP contribution in [-0.4, -0.2) is 16.2 Å². The highest BCUT2D eigenvalue weighted by Crippen LogP contribution is 2.19. The van der Waals surface area contributed by atoms with Crippen LogP contribution in [0.1, 0.15) is 30.7 Å². The first-order valence-corrected chi connectivity index (χ1v) is 9.19. The number of rotatable bonds is 4. The summed E-state index contributed by atoms with van der Waals surface area (Å²) in [5, 5.41) is 0.639. The van der Waals surface area contributed by atoms with E-state index < -0.39 is 0 Å². The van der Waals surface area contributed by atoms with Crippen molar-refractivity contribution >= 4 is 17.0 Å². The van der Waals surface area contributed by atoms with Gasteiger partial charge in [0.1, 0.15) is 18.2 Å². The second kappa shape index (κ2) is 7.56. The first kappa shape index (κ1) is 16.6. The molecule has 1 aliphatic rings. The molecule has 26 heavy (non-hydrogen) atoms. The molecule has 1 aliphatic heterocycles. The Morgan fingerprint density at radius 3 is 2.85 bits per heavy atom. The molecule has 0 radical (unpaired) electrons. The van der Waals surface area contributed by atoms with Gasteiger partial charge in [-0.15, -0.1) is 0 Å². The standard InChI is InChI=1S/C22H22N2O2/c25-22-19-16-18(26-15-7-10-17-8-3-1-4-9-17)12-13-20(19)23-21-11-5-2-6-14-24(21)22/h1,3-4,7-10,12-13,16H,2,5-6,11,14-15H2. The monoisotopic (exact) mass is 346 g/mol. The van der Waals surface area contributed by atoms with Crippen molar-refractivity contribution in [3.8, 4) is 5.75 Å². The summed E-state index contributed by atoms with van der Waals surface area (Å²) in [5.74, 6) is 1.61. The van der Waals surface area contributed by atoms with Gasteiger partial charge in [0.05, 0.1) is 10.9 Å². The Balaban J connectivity index is 1.54. The normalized spacial score (nSPS) is 14.3. The fourth-order valence-electron chi connectivity index (χ4n) is 3.38. The highest BCUT2D eigenvalue weighted by atomic mass is 16.5. The molecule has 1 aromatic heterocycles. The van der Waals surface area contributed by atoms with Crippen LogP contribution >= 0.6 is 0 Å². The minimum Gasteiger partial charge on any atom is -0.490 e. The minimum atomic E-state index is 0.0529. The van der Waals surface area contributed by atoms with Crippen LogP contribution in [0.5, 0.6) is 5.75 Å². The van der Waals surface area contributed by atoms with Crippen molar-refractivity contribution in [2.24, 2.45) is 0 Å². The van der Waals surface area contributed by atoms with Crippen LogP contribution in [-0.2, 0) is 13.0 Å². The molecule has 0 fully saturated rings. The molecule has 0 bridgehead atoms. The van der Waals surface area contributed by atoms with E-state index in [4.69, 9.17) is 9.72 Å². The van der Waals surface area contributed by atoms with E-state index in [1.54, 1.807) is 0 Å². The van der Waals surface area contributed by atoms with E-state index in [0.717, 1.165) is 49.1 Å². The number of fused-ring (bicyclic) bond motifs is 2. The lowest BCUT2D eigenvalue weighted by Gasteiger charge is -2.11. The summed E-state index contributed by atoms with van der Waals surface area (Å²) in [4.78, 5) is 17.6. The number of nitrogens with zero attached hydrogens (tertiary/aromatic N) is 2. The van der Waals surface area contributed by atoms with E-state index in [9.17, 15) is 4.79 Å². The molecule has 0 N–H and O–H groups in total. The molecule has 4 rings (SSSR count). The second-order valence-corrected chi connectivity index (χ2v) is 6.60. The number of hydrogen-bond acceptors (Lipinski definition) is 3. The van der Waals surface area contributed by atoms with Crippen LogP contribution in [0.4, 0.5) is 0 Å². The lowest BCUT2D eigenvalue weighted by molar-refractivity contribution is 0.364. The van der Waals surface area contributed by atoms with Gasteiger partial charge in [-0.3, -0.25) is 9.36 Å². The first-order valence-electron chi connectivity index (χ1n) is 9.19. The van der Waals surface area contributed by atoms with Gasteiger partial charge in [-0.2, -0.15) is 0 Å². The molecule has 0 amide bonds. The molecule has 0 aliphatic carbocycles. The van der Waals surface area contributed by atoms with Crippen LogP contribution in [0.2, 0.25) is 0 Å². The Hall–Kier alpha value is -2.88. The van der Waals surface area contributed by atoms with Crippen LogP contribution in [0, 0.1) is 0 Å². The van der Waals surface area contributed by atoms with Gasteiger partial charge in [0, 0.05) is 13.0 Å². The van der Waals surface area contributed by atoms with Crippen molar-refractivity contribution in [3.63, 3.8) is 0 Å². The van der Waals surface area contributed by atoms with Crippen LogP contribution < -0.4 is 10.3 Å². The van der Waals surface area contributed by atoms with Gasteiger partial charge >= 0.3 is 0 Å². The van der Waals surface area contributed by atoms with Gasteiger partial charge in [-0.25, -0.2) is 4.98 Å². The SMILES string of the molecule is O=c1c2cc(OCC=Cc3ccccc3)ccc2nc2n1CCCCC2. The van der Waals surface area contributed by atoms with Gasteiger partial charge in [-0.05, 0) is 42.7 Å². The zero-order valence-electron chi connectivity index (χ0n) is 14.7. The van der Waals surface area contributed by atoms with E-state index in [1.807, 2.05) is 65.3 Å². The van der Waals surface area contributed by atoms with Crippen LogP contribution in [0.25, 0.3) is 17.0 Å². The number of aryl methyl sites for hydroxylation is 1. The Morgan fingerprint density at radius 2 is 1.96 bits per heavy atom. The van der Waals surface area contributed by atoms with Crippen molar-refractivity contribution in [2.45, 2.75) is 32.2 Å². The first-order chi connectivity index (χ1) is 12.8. The highest BCUT2D eigenvalue weighted by molar-refractivity contribution is 5.79. The molecule has 132 valence electrons. The predicted octanol–water partition coefficient (Wildman–Crippen LogP) is 4.22. The third-order valence-corrected chi connectivity index (χ3v) is 4.74. The zero-order valence-corrected chi connectivity index (χ0v) is 14.7. The average Bonchev–Trinajstić information content (AvgIpc) is 2.92. The second-order valence-electron chi connectivity index (χ2n) is 6.60. The highest BCUT2D eigenvalue weighted by Gasteiger charge is 2.14. The van der Waals surface area contributed by atoms with Crippen molar-refractivity contribution in [3.05, 3.63) is 76.3 Å². The van der Waals surface area contributed by atoms with E-state index in [0.29, 0.717) is 17.7 Å². The quantitative estimate of drug-likeness (QED) is 0.711. The number of hydrogen-bond donors (Lipinski definition) is 0. The summed E-state index contributed by atoms with van der Waals surface area (Å²) in [6.45, 7) is 1.22. The average molecular weight is 346 g/mol. The fraction of sp³-hybridized carbons (Fsp3) is 0.273. The van der Waals surface area contributed by atoms with Gasteiger partial charge in [0.15, 0.2) is 0 Å². The summed E-state index contributed by atoms with van der Waals surface area (Å²) in [6, 6.07) is 15.7. The third kappa shape index (κ3) is 3.54. The van der Waals surface area contributed by atoms with E-state index in [-0.39, 0.29) is 5.56 Å². The molecule has 0 saturated heterocycles. The number of ether oxygens (including phenoxy) is 1. The molecule has 2 heterocycles. The summed E-state index contributed by atoms with van der Waals surface area (Å²) in [7, 11) is 0. The van der Waals surface area contributed by atoms with Crippen molar-refractivity contribution < 1.29 is 4.74 Å². The Morgan fingerprint density at radius 1 is 1.08 bits per heavy atom. The third-order valence-electron chi connectivity index (χ3n) is 4.74.